The number of piperidine rings is 1. The second-order valence-corrected chi connectivity index (χ2v) is 8.50. The molecule has 7 heteroatoms. The maximum absolute atomic E-state index is 15.3. The van der Waals surface area contributed by atoms with Crippen LogP contribution in [-0.4, -0.2) is 44.5 Å². The lowest BCUT2D eigenvalue weighted by Gasteiger charge is -2.30. The standard InChI is InChI=1S/C25H31FN4O2/c1-17-7-4-5-12-28-20-14-19(18-8-9-21(31-2)22(13-18)32-3)30-24(23(17)20)29-16-25(26)10-6-11-27-15-25/h5,8-9,12-14,27H,4,6-7,10-11,15-16H2,1-3H3,(H,29,30)/p+1. The summed E-state index contributed by atoms with van der Waals surface area (Å²) in [5.74, 6) is 2.00. The number of anilines is 1. The molecule has 1 saturated heterocycles. The summed E-state index contributed by atoms with van der Waals surface area (Å²) in [4.78, 5) is 8.35. The summed E-state index contributed by atoms with van der Waals surface area (Å²) in [5, 5.41) is 8.50. The summed E-state index contributed by atoms with van der Waals surface area (Å²) < 4.78 is 26.2. The molecule has 2 aromatic rings. The zero-order chi connectivity index (χ0) is 22.6. The van der Waals surface area contributed by atoms with Crippen LogP contribution in [0.4, 0.5) is 10.2 Å². The number of hydrogen-bond acceptors (Lipinski definition) is 5. The Labute approximate surface area is 188 Å². The fraction of sp³-hybridized carbons (Fsp3) is 0.440. The van der Waals surface area contributed by atoms with Crippen molar-refractivity contribution in [1.29, 1.82) is 0 Å². The van der Waals surface area contributed by atoms with Crippen molar-refractivity contribution in [2.75, 3.05) is 39.2 Å². The second-order valence-electron chi connectivity index (χ2n) is 8.50. The largest absolute Gasteiger partial charge is 0.493 e. The van der Waals surface area contributed by atoms with Crippen LogP contribution >= 0.6 is 0 Å². The SMILES string of the molecule is COc1ccc(-c2cc3c(c(NCC4(F)CCCNC4)n2)=C(C)CCC=C[NH+]=3)cc1OC. The highest BCUT2D eigenvalue weighted by molar-refractivity contribution is 5.66. The van der Waals surface area contributed by atoms with Gasteiger partial charge in [-0.15, -0.1) is 0 Å². The van der Waals surface area contributed by atoms with Gasteiger partial charge in [-0.05, 0) is 63.4 Å². The topological polar surface area (TPSA) is 69.4 Å². The summed E-state index contributed by atoms with van der Waals surface area (Å²) in [7, 11) is 3.23. The minimum atomic E-state index is -1.28. The number of fused-ring (bicyclic) bond motifs is 1. The highest BCUT2D eigenvalue weighted by Crippen LogP contribution is 2.31. The van der Waals surface area contributed by atoms with Crippen LogP contribution in [0.1, 0.15) is 32.6 Å². The highest BCUT2D eigenvalue weighted by Gasteiger charge is 2.31. The van der Waals surface area contributed by atoms with E-state index < -0.39 is 5.67 Å². The second kappa shape index (κ2) is 9.69. The van der Waals surface area contributed by atoms with E-state index in [-0.39, 0.29) is 6.54 Å². The molecule has 0 saturated carbocycles. The number of halogens is 1. The number of hydrogen-bond donors (Lipinski definition) is 3. The lowest BCUT2D eigenvalue weighted by atomic mass is 9.96. The Morgan fingerprint density at radius 2 is 2.06 bits per heavy atom. The quantitative estimate of drug-likeness (QED) is 0.636. The molecule has 32 heavy (non-hydrogen) atoms. The average Bonchev–Trinajstić information content (AvgIpc) is 2.80. The Kier molecular flexibility index (Phi) is 6.74. The van der Waals surface area contributed by atoms with E-state index >= 15 is 4.39 Å². The van der Waals surface area contributed by atoms with Gasteiger partial charge in [-0.2, -0.15) is 0 Å². The highest BCUT2D eigenvalue weighted by atomic mass is 19.1. The van der Waals surface area contributed by atoms with E-state index in [2.05, 4.69) is 28.6 Å². The van der Waals surface area contributed by atoms with Gasteiger partial charge in [0.05, 0.1) is 31.7 Å². The molecule has 4 rings (SSSR count). The van der Waals surface area contributed by atoms with Crippen LogP contribution in [0.5, 0.6) is 11.5 Å². The molecule has 1 atom stereocenters. The molecule has 6 nitrogen and oxygen atoms in total. The van der Waals surface area contributed by atoms with Gasteiger partial charge in [-0.25, -0.2) is 14.4 Å². The number of nitrogens with zero attached hydrogens (tertiary/aromatic N) is 1. The minimum absolute atomic E-state index is 0.220. The molecule has 170 valence electrons. The van der Waals surface area contributed by atoms with Gasteiger partial charge in [0.2, 0.25) is 5.36 Å². The Morgan fingerprint density at radius 3 is 2.81 bits per heavy atom. The van der Waals surface area contributed by atoms with Crippen molar-refractivity contribution in [3.8, 4) is 22.8 Å². The van der Waals surface area contributed by atoms with E-state index in [1.54, 1.807) is 14.2 Å². The van der Waals surface area contributed by atoms with Gasteiger partial charge in [0, 0.05) is 18.2 Å². The Hall–Kier alpha value is -2.93. The van der Waals surface area contributed by atoms with Crippen molar-refractivity contribution >= 4 is 11.4 Å². The third-order valence-electron chi connectivity index (χ3n) is 6.16. The zero-order valence-electron chi connectivity index (χ0n) is 19.1. The summed E-state index contributed by atoms with van der Waals surface area (Å²) in [6.45, 7) is 3.58. The predicted octanol–water partition coefficient (Wildman–Crippen LogP) is 1.45. The monoisotopic (exact) mass is 439 g/mol. The fourth-order valence-corrected chi connectivity index (χ4v) is 4.34. The molecule has 0 spiro atoms. The molecule has 3 N–H and O–H groups in total. The molecule has 2 aliphatic heterocycles. The van der Waals surface area contributed by atoms with Gasteiger partial charge >= 0.3 is 0 Å². The number of pyridine rings is 1. The maximum atomic E-state index is 15.3. The van der Waals surface area contributed by atoms with Gasteiger partial charge < -0.3 is 20.1 Å². The number of nitrogens with one attached hydrogen (secondary N) is 3. The Bertz CT molecular complexity index is 1120. The van der Waals surface area contributed by atoms with E-state index in [9.17, 15) is 0 Å². The van der Waals surface area contributed by atoms with Crippen LogP contribution in [0.3, 0.4) is 0 Å². The number of ether oxygens (including phenoxy) is 2. The molecule has 2 aliphatic rings. The van der Waals surface area contributed by atoms with E-state index in [1.807, 2.05) is 30.5 Å². The first-order chi connectivity index (χ1) is 15.5. The maximum Gasteiger partial charge on any atom is 0.216 e. The molecule has 1 unspecified atom stereocenters. The van der Waals surface area contributed by atoms with Crippen LogP contribution < -0.4 is 35.7 Å². The number of allylic oxidation sites excluding steroid dienone is 1. The van der Waals surface area contributed by atoms with Crippen molar-refractivity contribution in [2.45, 2.75) is 38.3 Å². The van der Waals surface area contributed by atoms with Gasteiger partial charge in [0.25, 0.3) is 0 Å². The van der Waals surface area contributed by atoms with Crippen molar-refractivity contribution in [3.63, 3.8) is 0 Å². The molecule has 0 radical (unpaired) electrons. The molecule has 3 heterocycles. The normalized spacial score (nSPS) is 20.6. The molecule has 1 aromatic carbocycles. The van der Waals surface area contributed by atoms with E-state index in [0.717, 1.165) is 47.6 Å². The van der Waals surface area contributed by atoms with Crippen molar-refractivity contribution in [2.24, 2.45) is 0 Å². The molecule has 0 bridgehead atoms. The predicted molar refractivity (Wildman–Crippen MR) is 124 cm³/mol. The third-order valence-corrected chi connectivity index (χ3v) is 6.16. The Balaban J connectivity index is 1.81. The van der Waals surface area contributed by atoms with Crippen LogP contribution in [-0.2, 0) is 0 Å². The summed E-state index contributed by atoms with van der Waals surface area (Å²) in [6.07, 6.45) is 7.36. The van der Waals surface area contributed by atoms with Crippen LogP contribution in [0, 0.1) is 0 Å². The molecule has 0 aliphatic carbocycles. The number of alkyl halides is 1. The molecular weight excluding hydrogens is 407 g/mol. The molecule has 1 aromatic heterocycles. The van der Waals surface area contributed by atoms with Crippen molar-refractivity contribution in [3.05, 3.63) is 47.1 Å². The van der Waals surface area contributed by atoms with E-state index in [4.69, 9.17) is 14.5 Å². The van der Waals surface area contributed by atoms with Gasteiger partial charge in [-0.1, -0.05) is 5.57 Å². The van der Waals surface area contributed by atoms with Gasteiger partial charge in [-0.3, -0.25) is 0 Å². The molecule has 1 fully saturated rings. The minimum Gasteiger partial charge on any atom is -0.493 e. The van der Waals surface area contributed by atoms with Crippen LogP contribution in [0.15, 0.2) is 36.5 Å². The van der Waals surface area contributed by atoms with E-state index in [1.165, 1.54) is 5.57 Å². The van der Waals surface area contributed by atoms with Gasteiger partial charge in [0.1, 0.15) is 11.5 Å². The van der Waals surface area contributed by atoms with Crippen LogP contribution in [0.25, 0.3) is 16.8 Å². The van der Waals surface area contributed by atoms with Gasteiger partial charge in [0.15, 0.2) is 17.7 Å². The molecule has 0 amide bonds. The fourth-order valence-electron chi connectivity index (χ4n) is 4.34. The summed E-state index contributed by atoms with van der Waals surface area (Å²) in [5.41, 5.74) is 1.61. The smallest absolute Gasteiger partial charge is 0.216 e. The lowest BCUT2D eigenvalue weighted by molar-refractivity contribution is -0.421. The lowest BCUT2D eigenvalue weighted by Crippen LogP contribution is -2.74. The van der Waals surface area contributed by atoms with Crippen molar-refractivity contribution in [1.82, 2.24) is 10.3 Å². The summed E-state index contributed by atoms with van der Waals surface area (Å²) in [6, 6.07) is 7.77. The third kappa shape index (κ3) is 4.78. The van der Waals surface area contributed by atoms with Crippen LogP contribution in [0.2, 0.25) is 0 Å². The van der Waals surface area contributed by atoms with E-state index in [0.29, 0.717) is 30.3 Å². The Morgan fingerprint density at radius 1 is 1.22 bits per heavy atom. The number of aromatic nitrogens is 1. The first-order valence-corrected chi connectivity index (χ1v) is 11.2. The number of rotatable bonds is 6. The number of benzene rings is 1. The number of methoxy groups -OCH3 is 2. The van der Waals surface area contributed by atoms with Crippen molar-refractivity contribution < 1.29 is 18.9 Å². The first-order valence-electron chi connectivity index (χ1n) is 11.2. The molecular formula is C25H32FN4O2+. The first kappa shape index (κ1) is 22.3. The average molecular weight is 440 g/mol. The zero-order valence-corrected chi connectivity index (χ0v) is 19.1. The summed E-state index contributed by atoms with van der Waals surface area (Å²) >= 11 is 0.